The van der Waals surface area contributed by atoms with Gasteiger partial charge in [-0.25, -0.2) is 10.1 Å². The fourth-order valence-corrected chi connectivity index (χ4v) is 4.63. The molecule has 0 aliphatic rings. The summed E-state index contributed by atoms with van der Waals surface area (Å²) in [5.74, 6) is 0.737. The van der Waals surface area contributed by atoms with Gasteiger partial charge in [-0.1, -0.05) is 30.3 Å². The Hall–Kier alpha value is -4.71. The minimum Gasteiger partial charge on any atom is -0.496 e. The van der Waals surface area contributed by atoms with Gasteiger partial charge in [-0.3, -0.25) is 9.59 Å². The van der Waals surface area contributed by atoms with E-state index in [2.05, 4.69) is 30.5 Å². The average molecular weight is 519 g/mol. The Morgan fingerprint density at radius 1 is 1.08 bits per heavy atom. The minimum atomic E-state index is -0.488. The lowest BCUT2D eigenvalue weighted by Gasteiger charge is -2.09. The van der Waals surface area contributed by atoms with Crippen molar-refractivity contribution >= 4 is 27.5 Å². The van der Waals surface area contributed by atoms with Gasteiger partial charge in [-0.05, 0) is 23.8 Å². The number of aromatic nitrogens is 5. The van der Waals surface area contributed by atoms with Crippen molar-refractivity contribution in [1.82, 2.24) is 30.5 Å². The predicted molar refractivity (Wildman–Crippen MR) is 137 cm³/mol. The van der Waals surface area contributed by atoms with Crippen LogP contribution in [0.1, 0.15) is 16.2 Å². The fourth-order valence-electron chi connectivity index (χ4n) is 3.69. The first kappa shape index (κ1) is 24.0. The zero-order chi connectivity index (χ0) is 25.6. The molecule has 12 heteroatoms. The molecule has 0 saturated carbocycles. The summed E-state index contributed by atoms with van der Waals surface area (Å²) in [6.07, 6.45) is 1.36. The standard InChI is InChI=1S/C25H22N6O5S/c1-34-19-8-3-2-7-17(19)18-13-37-24-20(18)22(32)29-21(30-24)23(33)26-12-15-5-4-6-16(11-15)35-9-10-36-25-27-14-28-31-25/h2-8,11,13-14H,9-10,12H2,1H3,(H,26,33)(H,27,28,31)(H,29,30,32). The molecule has 0 fully saturated rings. The summed E-state index contributed by atoms with van der Waals surface area (Å²) in [4.78, 5) is 37.1. The van der Waals surface area contributed by atoms with Crippen LogP contribution in [0.5, 0.6) is 17.5 Å². The van der Waals surface area contributed by atoms with Crippen LogP contribution in [0.2, 0.25) is 0 Å². The van der Waals surface area contributed by atoms with Gasteiger partial charge in [0, 0.05) is 23.1 Å². The van der Waals surface area contributed by atoms with Gasteiger partial charge in [-0.15, -0.1) is 11.3 Å². The number of H-pyrrole nitrogens is 2. The lowest BCUT2D eigenvalue weighted by atomic mass is 10.1. The van der Waals surface area contributed by atoms with E-state index >= 15 is 0 Å². The number of ether oxygens (including phenoxy) is 3. The second-order valence-electron chi connectivity index (χ2n) is 7.76. The maximum Gasteiger partial charge on any atom is 0.312 e. The first-order valence-electron chi connectivity index (χ1n) is 11.3. The van der Waals surface area contributed by atoms with Crippen molar-refractivity contribution in [2.45, 2.75) is 6.54 Å². The van der Waals surface area contributed by atoms with Crippen molar-refractivity contribution in [1.29, 1.82) is 0 Å². The molecule has 2 aromatic carbocycles. The van der Waals surface area contributed by atoms with Crippen molar-refractivity contribution in [3.8, 4) is 28.6 Å². The molecule has 5 rings (SSSR count). The van der Waals surface area contributed by atoms with Gasteiger partial charge in [0.1, 0.15) is 35.9 Å². The number of fused-ring (bicyclic) bond motifs is 1. The third-order valence-corrected chi connectivity index (χ3v) is 6.26. The second kappa shape index (κ2) is 10.9. The van der Waals surface area contributed by atoms with E-state index in [-0.39, 0.29) is 17.9 Å². The Kier molecular flexibility index (Phi) is 7.08. The number of carbonyl (C=O) groups is 1. The van der Waals surface area contributed by atoms with Crippen LogP contribution in [0.3, 0.4) is 0 Å². The zero-order valence-corrected chi connectivity index (χ0v) is 20.5. The van der Waals surface area contributed by atoms with Crippen LogP contribution in [-0.4, -0.2) is 51.4 Å². The molecule has 3 aromatic heterocycles. The molecule has 0 spiro atoms. The van der Waals surface area contributed by atoms with Crippen molar-refractivity contribution in [2.75, 3.05) is 20.3 Å². The van der Waals surface area contributed by atoms with Gasteiger partial charge < -0.3 is 24.5 Å². The zero-order valence-electron chi connectivity index (χ0n) is 19.7. The third-order valence-electron chi connectivity index (χ3n) is 5.39. The largest absolute Gasteiger partial charge is 0.496 e. The van der Waals surface area contributed by atoms with Crippen LogP contribution in [0.4, 0.5) is 0 Å². The SMILES string of the molecule is COc1ccccc1-c1csc2nc(C(=O)NCc3cccc(OCCOc4ncn[nH]4)c3)[nH]c(=O)c12. The van der Waals surface area contributed by atoms with Crippen LogP contribution < -0.4 is 25.1 Å². The van der Waals surface area contributed by atoms with E-state index in [0.29, 0.717) is 46.5 Å². The molecule has 11 nitrogen and oxygen atoms in total. The number of rotatable bonds is 10. The van der Waals surface area contributed by atoms with Crippen molar-refractivity contribution < 1.29 is 19.0 Å². The number of nitrogens with one attached hydrogen (secondary N) is 3. The van der Waals surface area contributed by atoms with Crippen molar-refractivity contribution in [3.63, 3.8) is 0 Å². The number of nitrogens with zero attached hydrogens (tertiary/aromatic N) is 3. The summed E-state index contributed by atoms with van der Waals surface area (Å²) in [6, 6.07) is 15.1. The number of hydrogen-bond donors (Lipinski definition) is 3. The van der Waals surface area contributed by atoms with E-state index < -0.39 is 5.91 Å². The number of para-hydroxylation sites is 1. The molecule has 5 aromatic rings. The molecule has 3 N–H and O–H groups in total. The number of carbonyl (C=O) groups excluding carboxylic acids is 1. The highest BCUT2D eigenvalue weighted by molar-refractivity contribution is 7.17. The van der Waals surface area contributed by atoms with E-state index in [9.17, 15) is 9.59 Å². The quantitative estimate of drug-likeness (QED) is 0.239. The van der Waals surface area contributed by atoms with Gasteiger partial charge in [0.2, 0.25) is 5.82 Å². The second-order valence-corrected chi connectivity index (χ2v) is 8.62. The molecular weight excluding hydrogens is 496 g/mol. The lowest BCUT2D eigenvalue weighted by Crippen LogP contribution is -2.27. The van der Waals surface area contributed by atoms with E-state index in [4.69, 9.17) is 14.2 Å². The molecule has 1 amide bonds. The minimum absolute atomic E-state index is 0.0529. The van der Waals surface area contributed by atoms with Crippen LogP contribution >= 0.6 is 11.3 Å². The maximum atomic E-state index is 12.9. The molecule has 0 saturated heterocycles. The highest BCUT2D eigenvalue weighted by atomic mass is 32.1. The fraction of sp³-hybridized carbons (Fsp3) is 0.160. The number of aromatic amines is 2. The summed E-state index contributed by atoms with van der Waals surface area (Å²) in [5.41, 5.74) is 1.92. The Labute approximate surface area is 214 Å². The molecule has 0 bridgehead atoms. The van der Waals surface area contributed by atoms with Crippen LogP contribution in [-0.2, 0) is 6.54 Å². The maximum absolute atomic E-state index is 12.9. The first-order valence-corrected chi connectivity index (χ1v) is 12.1. The van der Waals surface area contributed by atoms with Crippen LogP contribution in [0, 0.1) is 0 Å². The Balaban J connectivity index is 1.23. The molecule has 0 aliphatic carbocycles. The van der Waals surface area contributed by atoms with E-state index in [1.165, 1.54) is 17.7 Å². The summed E-state index contributed by atoms with van der Waals surface area (Å²) < 4.78 is 16.5. The number of hydrogen-bond acceptors (Lipinski definition) is 9. The summed E-state index contributed by atoms with van der Waals surface area (Å²) in [7, 11) is 1.58. The molecule has 3 heterocycles. The van der Waals surface area contributed by atoms with Crippen LogP contribution in [0.15, 0.2) is 65.0 Å². The van der Waals surface area contributed by atoms with Gasteiger partial charge in [0.05, 0.1) is 12.5 Å². The molecule has 0 aliphatic heterocycles. The van der Waals surface area contributed by atoms with Crippen molar-refractivity contribution in [2.24, 2.45) is 0 Å². The number of thiophene rings is 1. The summed E-state index contributed by atoms with van der Waals surface area (Å²) in [6.45, 7) is 0.821. The smallest absolute Gasteiger partial charge is 0.312 e. The average Bonchev–Trinajstić information content (AvgIpc) is 3.60. The summed E-state index contributed by atoms with van der Waals surface area (Å²) >= 11 is 1.30. The number of benzene rings is 2. The molecule has 0 unspecified atom stereocenters. The molecule has 37 heavy (non-hydrogen) atoms. The van der Waals surface area contributed by atoms with Crippen molar-refractivity contribution in [3.05, 3.63) is 82.0 Å². The normalized spacial score (nSPS) is 10.8. The molecule has 0 atom stereocenters. The van der Waals surface area contributed by atoms with Crippen LogP contribution in [0.25, 0.3) is 21.3 Å². The number of amides is 1. The van der Waals surface area contributed by atoms with E-state index in [0.717, 1.165) is 11.1 Å². The molecule has 0 radical (unpaired) electrons. The van der Waals surface area contributed by atoms with Gasteiger partial charge >= 0.3 is 6.01 Å². The van der Waals surface area contributed by atoms with Gasteiger partial charge in [0.15, 0.2) is 0 Å². The molecular formula is C25H22N6O5S. The Morgan fingerprint density at radius 3 is 2.78 bits per heavy atom. The third kappa shape index (κ3) is 5.43. The van der Waals surface area contributed by atoms with Gasteiger partial charge in [-0.2, -0.15) is 10.1 Å². The van der Waals surface area contributed by atoms with Gasteiger partial charge in [0.25, 0.3) is 11.5 Å². The Bertz CT molecular complexity index is 1580. The summed E-state index contributed by atoms with van der Waals surface area (Å²) in [5, 5.41) is 11.4. The highest BCUT2D eigenvalue weighted by Gasteiger charge is 2.18. The number of methoxy groups -OCH3 is 1. The predicted octanol–water partition coefficient (Wildman–Crippen LogP) is 3.17. The monoisotopic (exact) mass is 518 g/mol. The first-order chi connectivity index (χ1) is 18.1. The Morgan fingerprint density at radius 2 is 1.95 bits per heavy atom. The molecule has 188 valence electrons. The topological polar surface area (TPSA) is 144 Å². The van der Waals surface area contributed by atoms with E-state index in [1.54, 1.807) is 7.11 Å². The van der Waals surface area contributed by atoms with E-state index in [1.807, 2.05) is 53.9 Å². The highest BCUT2D eigenvalue weighted by Crippen LogP contribution is 2.36. The lowest BCUT2D eigenvalue weighted by molar-refractivity contribution is 0.0940.